The first-order valence-corrected chi connectivity index (χ1v) is 7.77. The topological polar surface area (TPSA) is 68.8 Å². The lowest BCUT2D eigenvalue weighted by Crippen LogP contribution is -2.03. The Hall–Kier alpha value is -3.67. The summed E-state index contributed by atoms with van der Waals surface area (Å²) in [6.07, 6.45) is 6.44. The van der Waals surface area contributed by atoms with Crippen molar-refractivity contribution in [1.29, 1.82) is 0 Å². The van der Waals surface area contributed by atoms with Crippen molar-refractivity contribution in [3.8, 4) is 5.82 Å². The fourth-order valence-electron chi connectivity index (χ4n) is 2.43. The van der Waals surface area contributed by atoms with Gasteiger partial charge in [-0.15, -0.1) is 10.2 Å². The van der Waals surface area contributed by atoms with Gasteiger partial charge in [0.05, 0.1) is 18.1 Å². The minimum Gasteiger partial charge on any atom is -0.271 e. The lowest BCUT2D eigenvalue weighted by atomic mass is 10.0. The summed E-state index contributed by atoms with van der Waals surface area (Å²) >= 11 is 0. The molecule has 0 amide bonds. The Morgan fingerprint density at radius 2 is 1.32 bits per heavy atom. The average Bonchev–Trinajstić information content (AvgIpc) is 3.23. The van der Waals surface area contributed by atoms with Gasteiger partial charge in [0.1, 0.15) is 12.7 Å². The molecule has 0 unspecified atom stereocenters. The highest BCUT2D eigenvalue weighted by molar-refractivity contribution is 6.13. The minimum absolute atomic E-state index is 0.541. The number of hydrogen-bond donors (Lipinski definition) is 0. The van der Waals surface area contributed by atoms with Crippen LogP contribution in [0.1, 0.15) is 11.1 Å². The van der Waals surface area contributed by atoms with E-state index in [9.17, 15) is 0 Å². The molecule has 0 atom stereocenters. The molecule has 0 spiro atoms. The van der Waals surface area contributed by atoms with Crippen LogP contribution in [0, 0.1) is 0 Å². The zero-order valence-corrected chi connectivity index (χ0v) is 13.3. The van der Waals surface area contributed by atoms with Crippen molar-refractivity contribution in [3.63, 3.8) is 0 Å². The van der Waals surface area contributed by atoms with Gasteiger partial charge in [-0.3, -0.25) is 4.57 Å². The quantitative estimate of drug-likeness (QED) is 0.540. The smallest absolute Gasteiger partial charge is 0.171 e. The normalized spacial score (nSPS) is 10.4. The Bertz CT molecular complexity index is 920. The molecule has 6 heteroatoms. The van der Waals surface area contributed by atoms with Crippen LogP contribution in [0.3, 0.4) is 0 Å². The molecule has 2 heterocycles. The first-order chi connectivity index (χ1) is 12.4. The fourth-order valence-corrected chi connectivity index (χ4v) is 2.43. The summed E-state index contributed by atoms with van der Waals surface area (Å²) in [6, 6.07) is 20.1. The fraction of sp³-hybridized carbons (Fsp3) is 0. The van der Waals surface area contributed by atoms with Crippen molar-refractivity contribution in [2.24, 2.45) is 4.99 Å². The zero-order chi connectivity index (χ0) is 16.9. The van der Waals surface area contributed by atoms with E-state index in [1.165, 1.54) is 0 Å². The Morgan fingerprint density at radius 3 is 1.84 bits per heavy atom. The first kappa shape index (κ1) is 14.9. The van der Waals surface area contributed by atoms with E-state index in [4.69, 9.17) is 4.99 Å². The lowest BCUT2D eigenvalue weighted by Gasteiger charge is -2.07. The van der Waals surface area contributed by atoms with Gasteiger partial charge in [-0.2, -0.15) is 0 Å². The highest BCUT2D eigenvalue weighted by atomic mass is 15.3. The van der Waals surface area contributed by atoms with Crippen LogP contribution >= 0.6 is 0 Å². The third kappa shape index (κ3) is 3.32. The molecular weight excluding hydrogens is 312 g/mol. The van der Waals surface area contributed by atoms with Gasteiger partial charge in [0.2, 0.25) is 0 Å². The summed E-state index contributed by atoms with van der Waals surface area (Å²) in [5.41, 5.74) is 2.91. The van der Waals surface area contributed by atoms with Crippen molar-refractivity contribution in [3.05, 3.63) is 96.8 Å². The summed E-state index contributed by atoms with van der Waals surface area (Å²) in [7, 11) is 0. The van der Waals surface area contributed by atoms with E-state index >= 15 is 0 Å². The van der Waals surface area contributed by atoms with Gasteiger partial charge >= 0.3 is 0 Å². The van der Waals surface area contributed by atoms with E-state index in [0.29, 0.717) is 11.6 Å². The molecule has 0 radical (unpaired) electrons. The van der Waals surface area contributed by atoms with E-state index < -0.39 is 0 Å². The Labute approximate surface area is 144 Å². The molecule has 4 rings (SSSR count). The van der Waals surface area contributed by atoms with Crippen LogP contribution in [0.15, 0.2) is 90.7 Å². The van der Waals surface area contributed by atoms with Gasteiger partial charge in [0.15, 0.2) is 11.6 Å². The van der Waals surface area contributed by atoms with Crippen LogP contribution in [-0.4, -0.2) is 30.4 Å². The summed E-state index contributed by atoms with van der Waals surface area (Å²) < 4.78 is 1.69. The largest absolute Gasteiger partial charge is 0.271 e. The molecule has 0 aliphatic rings. The van der Waals surface area contributed by atoms with Gasteiger partial charge in [-0.05, 0) is 0 Å². The molecule has 2 aromatic heterocycles. The average molecular weight is 326 g/mol. The molecule has 6 nitrogen and oxygen atoms in total. The molecule has 120 valence electrons. The molecule has 2 aromatic carbocycles. The van der Waals surface area contributed by atoms with Crippen molar-refractivity contribution in [2.45, 2.75) is 0 Å². The maximum atomic E-state index is 4.72. The van der Waals surface area contributed by atoms with Crippen molar-refractivity contribution in [1.82, 2.24) is 24.7 Å². The Balaban J connectivity index is 1.74. The van der Waals surface area contributed by atoms with Crippen LogP contribution in [0.5, 0.6) is 0 Å². The van der Waals surface area contributed by atoms with Gasteiger partial charge < -0.3 is 0 Å². The van der Waals surface area contributed by atoms with E-state index in [1.807, 2.05) is 60.7 Å². The zero-order valence-electron chi connectivity index (χ0n) is 13.3. The van der Waals surface area contributed by atoms with Gasteiger partial charge in [0, 0.05) is 11.1 Å². The van der Waals surface area contributed by atoms with Crippen LogP contribution in [-0.2, 0) is 0 Å². The van der Waals surface area contributed by atoms with E-state index in [-0.39, 0.29) is 0 Å². The molecule has 0 fully saturated rings. The Morgan fingerprint density at radius 1 is 0.720 bits per heavy atom. The highest BCUT2D eigenvalue weighted by Gasteiger charge is 2.07. The van der Waals surface area contributed by atoms with Gasteiger partial charge in [-0.25, -0.2) is 15.0 Å². The molecule has 0 aliphatic heterocycles. The molecule has 0 aliphatic carbocycles. The van der Waals surface area contributed by atoms with Crippen LogP contribution in [0.4, 0.5) is 5.82 Å². The Kier molecular flexibility index (Phi) is 4.07. The van der Waals surface area contributed by atoms with Gasteiger partial charge in [0.25, 0.3) is 0 Å². The maximum absolute atomic E-state index is 4.72. The minimum atomic E-state index is 0.541. The first-order valence-electron chi connectivity index (χ1n) is 7.77. The number of aliphatic imine (C=N–C) groups is 1. The third-order valence-corrected chi connectivity index (χ3v) is 3.63. The summed E-state index contributed by atoms with van der Waals surface area (Å²) in [5, 5.41) is 7.53. The van der Waals surface area contributed by atoms with E-state index in [1.54, 1.807) is 29.6 Å². The van der Waals surface area contributed by atoms with Crippen LogP contribution in [0.2, 0.25) is 0 Å². The number of benzene rings is 2. The van der Waals surface area contributed by atoms with Gasteiger partial charge in [-0.1, -0.05) is 60.7 Å². The third-order valence-electron chi connectivity index (χ3n) is 3.63. The number of aromatic nitrogens is 5. The lowest BCUT2D eigenvalue weighted by molar-refractivity contribution is 0.967. The summed E-state index contributed by atoms with van der Waals surface area (Å²) in [6.45, 7) is 0. The predicted octanol–water partition coefficient (Wildman–Crippen LogP) is 3.23. The molecule has 0 N–H and O–H groups in total. The molecule has 4 aromatic rings. The number of rotatable bonds is 4. The van der Waals surface area contributed by atoms with E-state index in [2.05, 4.69) is 20.2 Å². The standard InChI is InChI=1S/C19H14N6/c1-3-7-15(8-4-1)19(16-9-5-2-6-10-16)24-17-11-21-18(12-20-17)25-13-22-23-14-25/h1-14H. The molecule has 0 saturated carbocycles. The van der Waals surface area contributed by atoms with E-state index in [0.717, 1.165) is 16.8 Å². The summed E-state index contributed by atoms with van der Waals surface area (Å²) in [5.74, 6) is 1.18. The summed E-state index contributed by atoms with van der Waals surface area (Å²) in [4.78, 5) is 13.5. The molecule has 0 saturated heterocycles. The maximum Gasteiger partial charge on any atom is 0.171 e. The second-order valence-corrected chi connectivity index (χ2v) is 5.29. The van der Waals surface area contributed by atoms with Crippen molar-refractivity contribution in [2.75, 3.05) is 0 Å². The number of hydrogen-bond acceptors (Lipinski definition) is 5. The predicted molar refractivity (Wildman–Crippen MR) is 95.1 cm³/mol. The van der Waals surface area contributed by atoms with Crippen molar-refractivity contribution < 1.29 is 0 Å². The second kappa shape index (κ2) is 6.84. The molecule has 0 bridgehead atoms. The monoisotopic (exact) mass is 326 g/mol. The SMILES string of the molecule is c1ccc(C(=Nc2cnc(-n3cnnc3)cn2)c2ccccc2)cc1. The number of nitrogens with zero attached hydrogens (tertiary/aromatic N) is 6. The highest BCUT2D eigenvalue weighted by Crippen LogP contribution is 2.16. The van der Waals surface area contributed by atoms with Crippen molar-refractivity contribution >= 4 is 11.5 Å². The molecule has 25 heavy (non-hydrogen) atoms. The van der Waals surface area contributed by atoms with Crippen LogP contribution < -0.4 is 0 Å². The van der Waals surface area contributed by atoms with Crippen LogP contribution in [0.25, 0.3) is 5.82 Å². The molecular formula is C19H14N6. The second-order valence-electron chi connectivity index (χ2n) is 5.29.